The molecule has 254 valence electrons. The fourth-order valence-corrected chi connectivity index (χ4v) is 5.85. The predicted molar refractivity (Wildman–Crippen MR) is 204 cm³/mol. The van der Waals surface area contributed by atoms with Crippen molar-refractivity contribution < 1.29 is 0 Å². The van der Waals surface area contributed by atoms with Crippen LogP contribution in [0, 0.1) is 5.41 Å². The molecular weight excluding hydrogens is 558 g/mol. The molecule has 3 N–H and O–H groups in total. The molecule has 2 aromatic carbocycles. The summed E-state index contributed by atoms with van der Waals surface area (Å²) in [5.41, 5.74) is 9.32. The van der Waals surface area contributed by atoms with E-state index in [0.29, 0.717) is 0 Å². The minimum Gasteiger partial charge on any atom is -0.389 e. The average molecular weight is 626 g/mol. The second kappa shape index (κ2) is 23.2. The molecule has 2 rings (SSSR count). The number of aryl methyl sites for hydroxylation is 2. The first-order chi connectivity index (χ1) is 22.1. The maximum absolute atomic E-state index is 4.39. The van der Waals surface area contributed by atoms with E-state index in [9.17, 15) is 0 Å². The molecule has 0 aliphatic carbocycles. The number of rotatable bonds is 27. The van der Waals surface area contributed by atoms with Gasteiger partial charge in [-0.25, -0.2) is 0 Å². The zero-order chi connectivity index (χ0) is 33.5. The van der Waals surface area contributed by atoms with Gasteiger partial charge in [0.25, 0.3) is 0 Å². The first-order valence-corrected chi connectivity index (χ1v) is 18.1. The summed E-state index contributed by atoms with van der Waals surface area (Å²) in [6, 6.07) is 19.9. The van der Waals surface area contributed by atoms with Crippen LogP contribution in [0.1, 0.15) is 121 Å². The Hall–Kier alpha value is -3.20. The number of benzene rings is 2. The zero-order valence-corrected chi connectivity index (χ0v) is 30.0. The Labute approximate surface area is 284 Å². The highest BCUT2D eigenvalue weighted by molar-refractivity contribution is 5.27. The van der Waals surface area contributed by atoms with E-state index in [2.05, 4.69) is 118 Å². The first kappa shape index (κ1) is 39.0. The van der Waals surface area contributed by atoms with E-state index in [0.717, 1.165) is 88.1 Å². The molecule has 0 bridgehead atoms. The molecule has 3 heteroatoms. The lowest BCUT2D eigenvalue weighted by atomic mass is 9.91. The molecule has 0 aliphatic rings. The minimum atomic E-state index is 0.283. The van der Waals surface area contributed by atoms with Crippen LogP contribution in [-0.4, -0.2) is 19.6 Å². The van der Waals surface area contributed by atoms with Gasteiger partial charge in [-0.2, -0.15) is 0 Å². The second-order valence-electron chi connectivity index (χ2n) is 14.5. The smallest absolute Gasteiger partial charge is 0.0160 e. The number of allylic oxidation sites excluding steroid dienone is 4. The molecule has 46 heavy (non-hydrogen) atoms. The third-order valence-electron chi connectivity index (χ3n) is 8.38. The maximum atomic E-state index is 4.39. The van der Waals surface area contributed by atoms with Gasteiger partial charge in [-0.05, 0) is 99.2 Å². The van der Waals surface area contributed by atoms with Gasteiger partial charge in [-0.1, -0.05) is 133 Å². The summed E-state index contributed by atoms with van der Waals surface area (Å²) >= 11 is 0. The number of hydrogen-bond acceptors (Lipinski definition) is 3. The predicted octanol–water partition coefficient (Wildman–Crippen LogP) is 11.0. The first-order valence-electron chi connectivity index (χ1n) is 18.1. The van der Waals surface area contributed by atoms with Gasteiger partial charge in [-0.15, -0.1) is 0 Å². The van der Waals surface area contributed by atoms with Crippen LogP contribution in [0.3, 0.4) is 0 Å². The van der Waals surface area contributed by atoms with E-state index < -0.39 is 0 Å². The fraction of sp³-hybridized carbons (Fsp3) is 0.535. The summed E-state index contributed by atoms with van der Waals surface area (Å²) in [6.45, 7) is 26.7. The van der Waals surface area contributed by atoms with Crippen LogP contribution in [0.25, 0.3) is 0 Å². The Morgan fingerprint density at radius 3 is 1.83 bits per heavy atom. The molecule has 0 atom stereocenters. The van der Waals surface area contributed by atoms with Crippen molar-refractivity contribution in [2.75, 3.05) is 19.6 Å². The van der Waals surface area contributed by atoms with Crippen molar-refractivity contribution in [3.63, 3.8) is 0 Å². The van der Waals surface area contributed by atoms with Crippen molar-refractivity contribution in [2.45, 2.75) is 124 Å². The van der Waals surface area contributed by atoms with E-state index in [4.69, 9.17) is 0 Å². The lowest BCUT2D eigenvalue weighted by Gasteiger charge is -2.20. The lowest BCUT2D eigenvalue weighted by Crippen LogP contribution is -2.22. The topological polar surface area (TPSA) is 36.1 Å². The lowest BCUT2D eigenvalue weighted by molar-refractivity contribution is 0.398. The Kier molecular flexibility index (Phi) is 19.6. The summed E-state index contributed by atoms with van der Waals surface area (Å²) in [6.07, 6.45) is 18.5. The largest absolute Gasteiger partial charge is 0.389 e. The van der Waals surface area contributed by atoms with Crippen LogP contribution < -0.4 is 16.0 Å². The third kappa shape index (κ3) is 20.8. The number of unbranched alkanes of at least 4 members (excludes halogenated alkanes) is 6. The molecule has 2 aromatic rings. The fourth-order valence-electron chi connectivity index (χ4n) is 5.85. The van der Waals surface area contributed by atoms with Crippen LogP contribution in [0.15, 0.2) is 104 Å². The Morgan fingerprint density at radius 2 is 1.09 bits per heavy atom. The van der Waals surface area contributed by atoms with Crippen LogP contribution in [0.5, 0.6) is 0 Å². The zero-order valence-electron chi connectivity index (χ0n) is 30.0. The summed E-state index contributed by atoms with van der Waals surface area (Å²) < 4.78 is 0. The molecule has 0 saturated heterocycles. The Balaban J connectivity index is 1.45. The standard InChI is InChI=1S/C43H67N3/c1-36(21-13-9-8-10-15-23-40-24-16-11-17-25-40)33-42-27-19-26-41(34-42)29-28-38(3)44-30-18-12-14-22-37(2)45-31-20-32-46-39(4)35-43(5,6)7/h11,16-17,19,24-27,34,44-46H,1-4,8-10,12-15,18,20-23,28-33,35H2,5-7H3. The minimum absolute atomic E-state index is 0.283. The number of hydrogen-bond donors (Lipinski definition) is 3. The van der Waals surface area contributed by atoms with Crippen LogP contribution in [0.2, 0.25) is 0 Å². The van der Waals surface area contributed by atoms with Gasteiger partial charge in [-0.3, -0.25) is 0 Å². The van der Waals surface area contributed by atoms with Crippen molar-refractivity contribution in [3.8, 4) is 0 Å². The van der Waals surface area contributed by atoms with Crippen LogP contribution in [0.4, 0.5) is 0 Å². The van der Waals surface area contributed by atoms with Crippen molar-refractivity contribution >= 4 is 0 Å². The molecule has 0 amide bonds. The van der Waals surface area contributed by atoms with Gasteiger partial charge in [0.15, 0.2) is 0 Å². The number of nitrogens with one attached hydrogen (secondary N) is 3. The summed E-state index contributed by atoms with van der Waals surface area (Å²) in [5, 5.41) is 10.5. The molecule has 3 nitrogen and oxygen atoms in total. The van der Waals surface area contributed by atoms with Gasteiger partial charge in [0, 0.05) is 36.7 Å². The van der Waals surface area contributed by atoms with E-state index in [1.807, 2.05) is 0 Å². The molecule has 0 saturated carbocycles. The SMILES string of the molecule is C=C(CCCCCCCc1ccccc1)Cc1cccc(CCC(=C)NCCCCCC(=C)NCCCNC(=C)CC(C)(C)C)c1. The second-order valence-corrected chi connectivity index (χ2v) is 14.5. The van der Waals surface area contributed by atoms with Crippen molar-refractivity contribution in [1.29, 1.82) is 0 Å². The average Bonchev–Trinajstić information content (AvgIpc) is 3.01. The van der Waals surface area contributed by atoms with Gasteiger partial charge in [0.2, 0.25) is 0 Å². The van der Waals surface area contributed by atoms with E-state index in [-0.39, 0.29) is 5.41 Å². The van der Waals surface area contributed by atoms with E-state index in [1.54, 1.807) is 0 Å². The molecule has 0 fully saturated rings. The highest BCUT2D eigenvalue weighted by Crippen LogP contribution is 2.21. The van der Waals surface area contributed by atoms with Crippen molar-refractivity contribution in [2.24, 2.45) is 5.41 Å². The summed E-state index contributed by atoms with van der Waals surface area (Å²) in [7, 11) is 0. The van der Waals surface area contributed by atoms with Crippen molar-refractivity contribution in [1.82, 2.24) is 16.0 Å². The van der Waals surface area contributed by atoms with Gasteiger partial charge < -0.3 is 16.0 Å². The molecule has 0 spiro atoms. The summed E-state index contributed by atoms with van der Waals surface area (Å²) in [5.74, 6) is 0. The third-order valence-corrected chi connectivity index (χ3v) is 8.38. The van der Waals surface area contributed by atoms with E-state index >= 15 is 0 Å². The van der Waals surface area contributed by atoms with Gasteiger partial charge >= 0.3 is 0 Å². The van der Waals surface area contributed by atoms with Crippen LogP contribution in [-0.2, 0) is 19.3 Å². The highest BCUT2D eigenvalue weighted by atomic mass is 14.9. The molecule has 0 radical (unpaired) electrons. The molecule has 0 aliphatic heterocycles. The molecule has 0 heterocycles. The Morgan fingerprint density at radius 1 is 0.522 bits per heavy atom. The van der Waals surface area contributed by atoms with Gasteiger partial charge in [0.05, 0.1) is 0 Å². The monoisotopic (exact) mass is 626 g/mol. The molecule has 0 unspecified atom stereocenters. The Bertz CT molecular complexity index is 1150. The van der Waals surface area contributed by atoms with Crippen LogP contribution >= 0.6 is 0 Å². The normalized spacial score (nSPS) is 11.2. The van der Waals surface area contributed by atoms with Gasteiger partial charge in [0.1, 0.15) is 0 Å². The highest BCUT2D eigenvalue weighted by Gasteiger charge is 2.11. The van der Waals surface area contributed by atoms with Crippen molar-refractivity contribution in [3.05, 3.63) is 120 Å². The maximum Gasteiger partial charge on any atom is 0.0160 e. The molecule has 0 aromatic heterocycles. The van der Waals surface area contributed by atoms with E-state index in [1.165, 1.54) is 73.6 Å². The molecular formula is C43H67N3. The quantitative estimate of drug-likeness (QED) is 0.0683. The summed E-state index contributed by atoms with van der Waals surface area (Å²) in [4.78, 5) is 0.